The van der Waals surface area contributed by atoms with Crippen LogP contribution >= 0.6 is 0 Å². The fourth-order valence-corrected chi connectivity index (χ4v) is 4.65. The number of aromatic nitrogens is 2. The van der Waals surface area contributed by atoms with Gasteiger partial charge in [0.25, 0.3) is 0 Å². The third kappa shape index (κ3) is 3.33. The van der Waals surface area contributed by atoms with Gasteiger partial charge in [0.2, 0.25) is 0 Å². The molecule has 4 atom stereocenters. The standard InChI is InChI=1S/C20H29N3O2/c1-13(2)9-23-17-6-4-3-5-16(17)21-20(23)12-22-10-14-7-18(24)19(25)8-15(14)11-22/h3-6,13-15,18-19,24-25H,7-12H2,1-2H3/t14-,15+,18+,19-. The number of nitrogens with zero attached hydrogens (tertiary/aromatic N) is 3. The van der Waals surface area contributed by atoms with Crippen LogP contribution in [0.25, 0.3) is 11.0 Å². The fourth-order valence-electron chi connectivity index (χ4n) is 4.65. The van der Waals surface area contributed by atoms with Gasteiger partial charge in [0.15, 0.2) is 0 Å². The topological polar surface area (TPSA) is 61.5 Å². The second kappa shape index (κ2) is 6.71. The summed E-state index contributed by atoms with van der Waals surface area (Å²) in [5.74, 6) is 2.71. The van der Waals surface area contributed by atoms with E-state index in [-0.39, 0.29) is 0 Å². The third-order valence-electron chi connectivity index (χ3n) is 5.83. The Bertz CT molecular complexity index is 724. The molecule has 25 heavy (non-hydrogen) atoms. The largest absolute Gasteiger partial charge is 0.390 e. The van der Waals surface area contributed by atoms with Crippen LogP contribution in [-0.4, -0.2) is 50.0 Å². The summed E-state index contributed by atoms with van der Waals surface area (Å²) < 4.78 is 2.37. The minimum absolute atomic E-state index is 0.501. The molecule has 2 aromatic rings. The summed E-state index contributed by atoms with van der Waals surface area (Å²) in [5, 5.41) is 19.9. The van der Waals surface area contributed by atoms with Crippen LogP contribution in [0.3, 0.4) is 0 Å². The molecule has 1 aromatic heterocycles. The number of fused-ring (bicyclic) bond motifs is 2. The van der Waals surface area contributed by atoms with Gasteiger partial charge >= 0.3 is 0 Å². The van der Waals surface area contributed by atoms with Gasteiger partial charge in [-0.05, 0) is 42.7 Å². The lowest BCUT2D eigenvalue weighted by atomic mass is 9.79. The van der Waals surface area contributed by atoms with E-state index in [1.165, 1.54) is 5.52 Å². The fraction of sp³-hybridized carbons (Fsp3) is 0.650. The van der Waals surface area contributed by atoms with Gasteiger partial charge in [-0.15, -0.1) is 0 Å². The molecule has 1 aliphatic heterocycles. The Balaban J connectivity index is 1.55. The third-order valence-corrected chi connectivity index (χ3v) is 5.83. The molecule has 2 N–H and O–H groups in total. The maximum absolute atomic E-state index is 9.95. The first-order valence-electron chi connectivity index (χ1n) is 9.54. The van der Waals surface area contributed by atoms with Gasteiger partial charge in [-0.1, -0.05) is 26.0 Å². The Morgan fingerprint density at radius 2 is 1.72 bits per heavy atom. The lowest BCUT2D eigenvalue weighted by molar-refractivity contribution is -0.0372. The Morgan fingerprint density at radius 1 is 1.08 bits per heavy atom. The highest BCUT2D eigenvalue weighted by atomic mass is 16.3. The molecular weight excluding hydrogens is 314 g/mol. The van der Waals surface area contributed by atoms with Gasteiger partial charge in [-0.2, -0.15) is 0 Å². The average molecular weight is 343 g/mol. The SMILES string of the molecule is CC(C)Cn1c(CN2C[C@H]3C[C@H](O)[C@H](O)C[C@H]3C2)nc2ccccc21. The summed E-state index contributed by atoms with van der Waals surface area (Å²) in [6, 6.07) is 8.38. The maximum atomic E-state index is 9.95. The van der Waals surface area contributed by atoms with Gasteiger partial charge in [0.1, 0.15) is 5.82 Å². The zero-order chi connectivity index (χ0) is 17.6. The van der Waals surface area contributed by atoms with Crippen molar-refractivity contribution in [3.63, 3.8) is 0 Å². The van der Waals surface area contributed by atoms with Crippen molar-refractivity contribution in [2.24, 2.45) is 17.8 Å². The molecule has 4 rings (SSSR count). The zero-order valence-corrected chi connectivity index (χ0v) is 15.2. The molecule has 2 aliphatic rings. The first kappa shape index (κ1) is 17.0. The van der Waals surface area contributed by atoms with Crippen molar-refractivity contribution in [1.29, 1.82) is 0 Å². The highest BCUT2D eigenvalue weighted by Gasteiger charge is 2.41. The number of para-hydroxylation sites is 2. The van der Waals surface area contributed by atoms with E-state index in [1.807, 2.05) is 6.07 Å². The molecule has 5 nitrogen and oxygen atoms in total. The summed E-state index contributed by atoms with van der Waals surface area (Å²) in [5.41, 5.74) is 2.29. The molecule has 2 fully saturated rings. The first-order valence-corrected chi connectivity index (χ1v) is 9.54. The van der Waals surface area contributed by atoms with E-state index in [4.69, 9.17) is 4.98 Å². The van der Waals surface area contributed by atoms with Crippen LogP contribution in [0.4, 0.5) is 0 Å². The first-order chi connectivity index (χ1) is 12.0. The number of rotatable bonds is 4. The summed E-state index contributed by atoms with van der Waals surface area (Å²) in [4.78, 5) is 7.36. The minimum atomic E-state index is -0.549. The van der Waals surface area contributed by atoms with Crippen molar-refractivity contribution < 1.29 is 10.2 Å². The van der Waals surface area contributed by atoms with E-state index in [2.05, 4.69) is 41.5 Å². The minimum Gasteiger partial charge on any atom is -0.390 e. The van der Waals surface area contributed by atoms with Crippen LogP contribution in [0.2, 0.25) is 0 Å². The number of aliphatic hydroxyl groups is 2. The molecule has 5 heteroatoms. The molecule has 2 heterocycles. The predicted octanol–water partition coefficient (Wildman–Crippen LogP) is 2.26. The summed E-state index contributed by atoms with van der Waals surface area (Å²) >= 11 is 0. The second-order valence-corrected chi connectivity index (χ2v) is 8.34. The number of imidazole rings is 1. The predicted molar refractivity (Wildman–Crippen MR) is 98.1 cm³/mol. The zero-order valence-electron chi connectivity index (χ0n) is 15.2. The van der Waals surface area contributed by atoms with Crippen molar-refractivity contribution in [2.45, 2.75) is 52.0 Å². The monoisotopic (exact) mass is 343 g/mol. The molecular formula is C20H29N3O2. The van der Waals surface area contributed by atoms with Crippen LogP contribution in [-0.2, 0) is 13.1 Å². The average Bonchev–Trinajstić information content (AvgIpc) is 3.09. The molecule has 0 radical (unpaired) electrons. The van der Waals surface area contributed by atoms with E-state index >= 15 is 0 Å². The van der Waals surface area contributed by atoms with Gasteiger partial charge in [0.05, 0.1) is 29.8 Å². The number of likely N-dealkylation sites (tertiary alicyclic amines) is 1. The van der Waals surface area contributed by atoms with Crippen molar-refractivity contribution in [2.75, 3.05) is 13.1 Å². The molecule has 1 saturated carbocycles. The number of aliphatic hydroxyl groups excluding tert-OH is 2. The normalized spacial score (nSPS) is 30.3. The Morgan fingerprint density at radius 3 is 2.36 bits per heavy atom. The number of hydrogen-bond acceptors (Lipinski definition) is 4. The van der Waals surface area contributed by atoms with E-state index < -0.39 is 12.2 Å². The molecule has 1 saturated heterocycles. The molecule has 136 valence electrons. The molecule has 0 unspecified atom stereocenters. The van der Waals surface area contributed by atoms with Gasteiger partial charge in [-0.25, -0.2) is 4.98 Å². The smallest absolute Gasteiger partial charge is 0.124 e. The molecule has 1 aromatic carbocycles. The van der Waals surface area contributed by atoms with Crippen molar-refractivity contribution in [1.82, 2.24) is 14.5 Å². The van der Waals surface area contributed by atoms with Crippen LogP contribution in [0, 0.1) is 17.8 Å². The van der Waals surface area contributed by atoms with Crippen LogP contribution in [0.5, 0.6) is 0 Å². The lowest BCUT2D eigenvalue weighted by Crippen LogP contribution is -2.38. The summed E-state index contributed by atoms with van der Waals surface area (Å²) in [6.45, 7) is 8.31. The van der Waals surface area contributed by atoms with E-state index in [0.29, 0.717) is 17.8 Å². The number of benzene rings is 1. The Hall–Kier alpha value is -1.43. The van der Waals surface area contributed by atoms with E-state index in [1.54, 1.807) is 0 Å². The number of hydrogen-bond donors (Lipinski definition) is 2. The van der Waals surface area contributed by atoms with Gasteiger partial charge in [0, 0.05) is 19.6 Å². The molecule has 0 spiro atoms. The van der Waals surface area contributed by atoms with Crippen LogP contribution in [0.15, 0.2) is 24.3 Å². The van der Waals surface area contributed by atoms with Crippen molar-refractivity contribution >= 4 is 11.0 Å². The van der Waals surface area contributed by atoms with Crippen LogP contribution < -0.4 is 0 Å². The Labute approximate surface area is 149 Å². The lowest BCUT2D eigenvalue weighted by Gasteiger charge is -2.32. The second-order valence-electron chi connectivity index (χ2n) is 8.34. The Kier molecular flexibility index (Phi) is 4.56. The van der Waals surface area contributed by atoms with Gasteiger partial charge < -0.3 is 14.8 Å². The maximum Gasteiger partial charge on any atom is 0.124 e. The highest BCUT2D eigenvalue weighted by molar-refractivity contribution is 5.75. The summed E-state index contributed by atoms with van der Waals surface area (Å²) in [7, 11) is 0. The molecule has 1 aliphatic carbocycles. The van der Waals surface area contributed by atoms with Gasteiger partial charge in [-0.3, -0.25) is 4.90 Å². The van der Waals surface area contributed by atoms with Crippen molar-refractivity contribution in [3.05, 3.63) is 30.1 Å². The van der Waals surface area contributed by atoms with Crippen LogP contribution in [0.1, 0.15) is 32.5 Å². The van der Waals surface area contributed by atoms with E-state index in [0.717, 1.165) is 50.4 Å². The highest BCUT2D eigenvalue weighted by Crippen LogP contribution is 2.37. The molecule has 0 bridgehead atoms. The van der Waals surface area contributed by atoms with E-state index in [9.17, 15) is 10.2 Å². The summed E-state index contributed by atoms with van der Waals surface area (Å²) in [6.07, 6.45) is 0.355. The van der Waals surface area contributed by atoms with Crippen molar-refractivity contribution in [3.8, 4) is 0 Å². The molecule has 0 amide bonds. The quantitative estimate of drug-likeness (QED) is 0.894.